The van der Waals surface area contributed by atoms with Gasteiger partial charge in [-0.3, -0.25) is 4.79 Å². The van der Waals surface area contributed by atoms with Crippen LogP contribution in [0.1, 0.15) is 10.4 Å². The molecule has 0 unspecified atom stereocenters. The molecule has 18 heavy (non-hydrogen) atoms. The van der Waals surface area contributed by atoms with Gasteiger partial charge in [-0.1, -0.05) is 6.07 Å². The predicted molar refractivity (Wildman–Crippen MR) is 73.1 cm³/mol. The summed E-state index contributed by atoms with van der Waals surface area (Å²) in [6, 6.07) is 5.41. The maximum atomic E-state index is 11.4. The Labute approximate surface area is 112 Å². The fourth-order valence-corrected chi connectivity index (χ4v) is 2.72. The number of nitrogens with one attached hydrogen (secondary N) is 1. The van der Waals surface area contributed by atoms with E-state index < -0.39 is 5.91 Å². The Hall–Kier alpha value is -1.66. The summed E-state index contributed by atoms with van der Waals surface area (Å²) in [6.45, 7) is 1.60. The second-order valence-electron chi connectivity index (χ2n) is 4.09. The number of nitrogens with zero attached hydrogens (tertiary/aromatic N) is 2. The highest BCUT2D eigenvalue weighted by atomic mass is 79.9. The zero-order chi connectivity index (χ0) is 12.7. The van der Waals surface area contributed by atoms with Crippen molar-refractivity contribution in [2.24, 2.45) is 5.73 Å². The Morgan fingerprint density at radius 1 is 1.50 bits per heavy atom. The number of carbonyl (C=O) groups excluding carboxylic acids is 1. The summed E-state index contributed by atoms with van der Waals surface area (Å²) in [5.41, 5.74) is 7.50. The number of aromatic nitrogens is 2. The molecule has 3 rings (SSSR count). The fraction of sp³-hybridized carbons (Fsp3) is 0.167. The van der Waals surface area contributed by atoms with E-state index in [1.807, 2.05) is 6.07 Å². The second kappa shape index (κ2) is 4.22. The number of halogens is 1. The van der Waals surface area contributed by atoms with E-state index in [4.69, 9.17) is 5.73 Å². The lowest BCUT2D eigenvalue weighted by molar-refractivity contribution is 0.100. The van der Waals surface area contributed by atoms with Crippen LogP contribution in [-0.2, 0) is 0 Å². The minimum absolute atomic E-state index is 0.443. The third-order valence-corrected chi connectivity index (χ3v) is 3.73. The number of benzene rings is 1. The normalized spacial score (nSPS) is 15.1. The average Bonchev–Trinajstić information content (AvgIpc) is 2.97. The maximum Gasteiger partial charge on any atom is 0.250 e. The Morgan fingerprint density at radius 3 is 3.00 bits per heavy atom. The molecule has 2 aromatic rings. The Balaban J connectivity index is 2.27. The summed E-state index contributed by atoms with van der Waals surface area (Å²) in [6.07, 6.45) is 2.07. The highest BCUT2D eigenvalue weighted by Crippen LogP contribution is 2.28. The molecule has 1 aliphatic rings. The molecule has 0 spiro atoms. The molecule has 1 amide bonds. The number of rotatable bonds is 2. The highest BCUT2D eigenvalue weighted by molar-refractivity contribution is 9.10. The largest absolute Gasteiger partial charge is 0.366 e. The monoisotopic (exact) mass is 306 g/mol. The summed E-state index contributed by atoms with van der Waals surface area (Å²) in [5, 5.41) is 8.58. The summed E-state index contributed by atoms with van der Waals surface area (Å²) < 4.78 is 2.65. The Bertz CT molecular complexity index is 674. The molecule has 0 bridgehead atoms. The molecular formula is C12H11BrN4O. The van der Waals surface area contributed by atoms with E-state index >= 15 is 0 Å². The van der Waals surface area contributed by atoms with Crippen LogP contribution in [0.3, 0.4) is 0 Å². The third-order valence-electron chi connectivity index (χ3n) is 2.97. The van der Waals surface area contributed by atoms with Crippen LogP contribution in [0.2, 0.25) is 0 Å². The minimum atomic E-state index is -0.462. The van der Waals surface area contributed by atoms with Crippen molar-refractivity contribution in [1.29, 1.82) is 0 Å². The molecule has 0 saturated heterocycles. The van der Waals surface area contributed by atoms with Gasteiger partial charge in [0, 0.05) is 18.5 Å². The van der Waals surface area contributed by atoms with Crippen molar-refractivity contribution in [1.82, 2.24) is 15.1 Å². The predicted octanol–water partition coefficient (Wildman–Crippen LogP) is 1.34. The van der Waals surface area contributed by atoms with Gasteiger partial charge in [0.2, 0.25) is 0 Å². The molecule has 2 heterocycles. The van der Waals surface area contributed by atoms with Crippen LogP contribution in [0, 0.1) is 0 Å². The number of primary amides is 1. The number of nitrogens with two attached hydrogens (primary N) is 1. The summed E-state index contributed by atoms with van der Waals surface area (Å²) >= 11 is 3.52. The SMILES string of the molecule is NC(=O)c1cccc2c(Br)n(C3=CCNC3)nc12. The summed E-state index contributed by atoms with van der Waals surface area (Å²) in [7, 11) is 0. The third kappa shape index (κ3) is 1.65. The molecule has 5 nitrogen and oxygen atoms in total. The van der Waals surface area contributed by atoms with Crippen molar-refractivity contribution in [2.45, 2.75) is 0 Å². The van der Waals surface area contributed by atoms with Crippen LogP contribution >= 0.6 is 15.9 Å². The molecule has 1 aromatic heterocycles. The van der Waals surface area contributed by atoms with Crippen LogP contribution in [-0.4, -0.2) is 28.8 Å². The minimum Gasteiger partial charge on any atom is -0.366 e. The van der Waals surface area contributed by atoms with Crippen LogP contribution in [0.4, 0.5) is 0 Å². The van der Waals surface area contributed by atoms with E-state index in [2.05, 4.69) is 32.4 Å². The Morgan fingerprint density at radius 2 is 2.33 bits per heavy atom. The molecule has 0 radical (unpaired) electrons. The summed E-state index contributed by atoms with van der Waals surface area (Å²) in [4.78, 5) is 11.4. The molecule has 1 aromatic carbocycles. The van der Waals surface area contributed by atoms with Gasteiger partial charge in [0.25, 0.3) is 5.91 Å². The van der Waals surface area contributed by atoms with E-state index in [9.17, 15) is 4.79 Å². The van der Waals surface area contributed by atoms with Gasteiger partial charge in [-0.2, -0.15) is 5.10 Å². The molecular weight excluding hydrogens is 296 g/mol. The first-order valence-corrected chi connectivity index (χ1v) is 6.35. The second-order valence-corrected chi connectivity index (χ2v) is 4.85. The van der Waals surface area contributed by atoms with Crippen molar-refractivity contribution in [3.8, 4) is 0 Å². The molecule has 1 aliphatic heterocycles. The zero-order valence-corrected chi connectivity index (χ0v) is 11.1. The quantitative estimate of drug-likeness (QED) is 0.879. The first-order chi connectivity index (χ1) is 8.68. The van der Waals surface area contributed by atoms with E-state index in [1.165, 1.54) is 0 Å². The van der Waals surface area contributed by atoms with E-state index in [1.54, 1.807) is 16.8 Å². The van der Waals surface area contributed by atoms with E-state index in [0.29, 0.717) is 11.1 Å². The lowest BCUT2D eigenvalue weighted by Gasteiger charge is -2.02. The van der Waals surface area contributed by atoms with Crippen molar-refractivity contribution < 1.29 is 4.79 Å². The van der Waals surface area contributed by atoms with Gasteiger partial charge in [0.1, 0.15) is 10.1 Å². The zero-order valence-electron chi connectivity index (χ0n) is 9.48. The maximum absolute atomic E-state index is 11.4. The number of amides is 1. The molecule has 0 fully saturated rings. The van der Waals surface area contributed by atoms with Gasteiger partial charge in [0.15, 0.2) is 0 Å². The van der Waals surface area contributed by atoms with Gasteiger partial charge in [0.05, 0.1) is 11.3 Å². The molecule has 3 N–H and O–H groups in total. The number of hydrogen-bond acceptors (Lipinski definition) is 3. The first-order valence-electron chi connectivity index (χ1n) is 5.55. The van der Waals surface area contributed by atoms with Gasteiger partial charge >= 0.3 is 0 Å². The highest BCUT2D eigenvalue weighted by Gasteiger charge is 2.17. The van der Waals surface area contributed by atoms with Crippen molar-refractivity contribution in [3.63, 3.8) is 0 Å². The first kappa shape index (κ1) is 11.4. The molecule has 6 heteroatoms. The summed E-state index contributed by atoms with van der Waals surface area (Å²) in [5.74, 6) is -0.462. The van der Waals surface area contributed by atoms with Crippen molar-refractivity contribution in [2.75, 3.05) is 13.1 Å². The average molecular weight is 307 g/mol. The number of fused-ring (bicyclic) bond motifs is 1. The van der Waals surface area contributed by atoms with E-state index in [0.717, 1.165) is 28.8 Å². The lowest BCUT2D eigenvalue weighted by atomic mass is 10.1. The van der Waals surface area contributed by atoms with Crippen LogP contribution in [0.25, 0.3) is 16.6 Å². The molecule has 0 aliphatic carbocycles. The lowest BCUT2D eigenvalue weighted by Crippen LogP contribution is -2.12. The molecule has 92 valence electrons. The number of hydrogen-bond donors (Lipinski definition) is 2. The van der Waals surface area contributed by atoms with E-state index in [-0.39, 0.29) is 0 Å². The smallest absolute Gasteiger partial charge is 0.250 e. The standard InChI is InChI=1S/C12H11BrN4O/c13-11-8-2-1-3-9(12(14)18)10(8)16-17(11)7-4-5-15-6-7/h1-4,15H,5-6H2,(H2,14,18). The topological polar surface area (TPSA) is 72.9 Å². The van der Waals surface area contributed by atoms with Crippen molar-refractivity contribution >= 4 is 38.4 Å². The molecule has 0 saturated carbocycles. The van der Waals surface area contributed by atoms with Gasteiger partial charge in [-0.15, -0.1) is 0 Å². The number of carbonyl (C=O) groups is 1. The van der Waals surface area contributed by atoms with Crippen LogP contribution < -0.4 is 11.1 Å². The van der Waals surface area contributed by atoms with Crippen LogP contribution in [0.15, 0.2) is 28.9 Å². The Kier molecular flexibility index (Phi) is 2.68. The van der Waals surface area contributed by atoms with Crippen molar-refractivity contribution in [3.05, 3.63) is 34.4 Å². The van der Waals surface area contributed by atoms with Gasteiger partial charge in [-0.05, 0) is 34.1 Å². The van der Waals surface area contributed by atoms with Gasteiger partial charge < -0.3 is 11.1 Å². The fourth-order valence-electron chi connectivity index (χ4n) is 2.09. The van der Waals surface area contributed by atoms with Gasteiger partial charge in [-0.25, -0.2) is 4.68 Å². The molecule has 0 atom stereocenters. The van der Waals surface area contributed by atoms with Crippen LogP contribution in [0.5, 0.6) is 0 Å².